The number of carbonyl (C=O) groups is 3. The highest BCUT2D eigenvalue weighted by Crippen LogP contribution is 2.21. The zero-order valence-electron chi connectivity index (χ0n) is 16.5. The van der Waals surface area contributed by atoms with Crippen molar-refractivity contribution in [3.05, 3.63) is 46.8 Å². The van der Waals surface area contributed by atoms with Crippen LogP contribution in [-0.4, -0.2) is 42.7 Å². The average Bonchev–Trinajstić information content (AvgIpc) is 2.96. The Bertz CT molecular complexity index is 870. The van der Waals surface area contributed by atoms with Crippen molar-refractivity contribution in [3.63, 3.8) is 0 Å². The van der Waals surface area contributed by atoms with E-state index in [-0.39, 0.29) is 17.9 Å². The van der Waals surface area contributed by atoms with Gasteiger partial charge >= 0.3 is 11.9 Å². The van der Waals surface area contributed by atoms with E-state index < -0.39 is 23.9 Å². The van der Waals surface area contributed by atoms with Crippen molar-refractivity contribution in [1.82, 2.24) is 4.98 Å². The number of aromatic nitrogens is 1. The number of esters is 2. The number of methoxy groups -OCH3 is 1. The molecule has 0 radical (unpaired) electrons. The molecule has 1 aromatic carbocycles. The fourth-order valence-electron chi connectivity index (χ4n) is 2.65. The highest BCUT2D eigenvalue weighted by Gasteiger charge is 2.26. The first kappa shape index (κ1) is 21.0. The Hall–Kier alpha value is -3.29. The van der Waals surface area contributed by atoms with E-state index in [9.17, 15) is 14.4 Å². The molecule has 1 heterocycles. The summed E-state index contributed by atoms with van der Waals surface area (Å²) in [6.45, 7) is 6.66. The topological polar surface area (TPSA) is 107 Å². The summed E-state index contributed by atoms with van der Waals surface area (Å²) < 4.78 is 15.3. The number of benzene rings is 1. The molecule has 0 spiro atoms. The van der Waals surface area contributed by atoms with Crippen molar-refractivity contribution >= 4 is 23.5 Å². The Morgan fingerprint density at radius 2 is 1.75 bits per heavy atom. The second-order valence-electron chi connectivity index (χ2n) is 6.11. The predicted molar refractivity (Wildman–Crippen MR) is 103 cm³/mol. The number of carbonyl (C=O) groups excluding carboxylic acids is 3. The molecule has 28 heavy (non-hydrogen) atoms. The molecule has 150 valence electrons. The van der Waals surface area contributed by atoms with E-state index >= 15 is 0 Å². The molecule has 1 aromatic heterocycles. The molecule has 0 fully saturated rings. The molecule has 0 saturated carbocycles. The lowest BCUT2D eigenvalue weighted by Gasteiger charge is -2.14. The first-order valence-corrected chi connectivity index (χ1v) is 8.80. The van der Waals surface area contributed by atoms with Crippen LogP contribution in [0.15, 0.2) is 24.3 Å². The third kappa shape index (κ3) is 4.70. The second kappa shape index (κ2) is 9.07. The van der Waals surface area contributed by atoms with Gasteiger partial charge in [-0.15, -0.1) is 0 Å². The molecule has 0 aliphatic carbocycles. The van der Waals surface area contributed by atoms with Crippen LogP contribution in [0.3, 0.4) is 0 Å². The minimum atomic E-state index is -1.03. The molecule has 1 atom stereocenters. The molecular formula is C20H24N2O6. The maximum Gasteiger partial charge on any atom is 0.355 e. The number of rotatable bonds is 7. The van der Waals surface area contributed by atoms with Crippen LogP contribution in [0.4, 0.5) is 5.69 Å². The molecule has 0 aliphatic heterocycles. The monoisotopic (exact) mass is 388 g/mol. The maximum absolute atomic E-state index is 12.5. The Balaban J connectivity index is 2.07. The number of hydrogen-bond donors (Lipinski definition) is 2. The highest BCUT2D eigenvalue weighted by molar-refractivity contribution is 6.01. The highest BCUT2D eigenvalue weighted by atomic mass is 16.5. The molecule has 2 rings (SSSR count). The number of ether oxygens (including phenoxy) is 3. The summed E-state index contributed by atoms with van der Waals surface area (Å²) in [5.74, 6) is -1.06. The van der Waals surface area contributed by atoms with Crippen molar-refractivity contribution in [1.29, 1.82) is 0 Å². The zero-order chi connectivity index (χ0) is 20.8. The molecule has 0 bridgehead atoms. The van der Waals surface area contributed by atoms with Gasteiger partial charge in [-0.25, -0.2) is 9.59 Å². The number of hydrogen-bond acceptors (Lipinski definition) is 6. The van der Waals surface area contributed by atoms with E-state index in [1.807, 2.05) is 0 Å². The summed E-state index contributed by atoms with van der Waals surface area (Å²) in [4.78, 5) is 39.6. The van der Waals surface area contributed by atoms with Gasteiger partial charge in [-0.1, -0.05) is 0 Å². The van der Waals surface area contributed by atoms with Crippen LogP contribution >= 0.6 is 0 Å². The fraction of sp³-hybridized carbons (Fsp3) is 0.350. The standard InChI is InChI=1S/C20H24N2O6/c1-6-27-20(25)17-11(2)16(12(3)21-17)19(24)28-13(4)18(23)22-14-7-9-15(26-5)10-8-14/h7-10,13,21H,6H2,1-5H3,(H,22,23)/t13-/m0/s1. The molecule has 2 aromatic rings. The van der Waals surface area contributed by atoms with Gasteiger partial charge in [0.2, 0.25) is 0 Å². The third-order valence-corrected chi connectivity index (χ3v) is 4.13. The van der Waals surface area contributed by atoms with E-state index in [2.05, 4.69) is 10.3 Å². The van der Waals surface area contributed by atoms with Gasteiger partial charge < -0.3 is 24.5 Å². The summed E-state index contributed by atoms with van der Waals surface area (Å²) in [6, 6.07) is 6.76. The van der Waals surface area contributed by atoms with Crippen molar-refractivity contribution < 1.29 is 28.6 Å². The normalized spacial score (nSPS) is 11.5. The Labute approximate surface area is 163 Å². The SMILES string of the molecule is CCOC(=O)c1[nH]c(C)c(C(=O)O[C@@H](C)C(=O)Nc2ccc(OC)cc2)c1C. The summed E-state index contributed by atoms with van der Waals surface area (Å²) in [5, 5.41) is 2.67. The molecule has 8 heteroatoms. The smallest absolute Gasteiger partial charge is 0.355 e. The molecule has 0 saturated heterocycles. The van der Waals surface area contributed by atoms with Gasteiger partial charge in [0, 0.05) is 11.4 Å². The van der Waals surface area contributed by atoms with Gasteiger partial charge in [0.15, 0.2) is 6.10 Å². The Morgan fingerprint density at radius 3 is 2.32 bits per heavy atom. The summed E-state index contributed by atoms with van der Waals surface area (Å²) in [6.07, 6.45) is -1.03. The summed E-state index contributed by atoms with van der Waals surface area (Å²) in [7, 11) is 1.55. The largest absolute Gasteiger partial charge is 0.497 e. The third-order valence-electron chi connectivity index (χ3n) is 4.13. The van der Waals surface area contributed by atoms with E-state index in [0.29, 0.717) is 22.7 Å². The molecule has 0 unspecified atom stereocenters. The minimum absolute atomic E-state index is 0.196. The second-order valence-corrected chi connectivity index (χ2v) is 6.11. The van der Waals surface area contributed by atoms with Crippen molar-refractivity contribution in [2.45, 2.75) is 33.8 Å². The lowest BCUT2D eigenvalue weighted by molar-refractivity contribution is -0.123. The lowest BCUT2D eigenvalue weighted by atomic mass is 10.1. The van der Waals surface area contributed by atoms with Crippen LogP contribution in [0.5, 0.6) is 5.75 Å². The average molecular weight is 388 g/mol. The summed E-state index contributed by atoms with van der Waals surface area (Å²) in [5.41, 5.74) is 1.85. The quantitative estimate of drug-likeness (QED) is 0.706. The van der Waals surface area contributed by atoms with E-state index in [1.165, 1.54) is 6.92 Å². The van der Waals surface area contributed by atoms with Crippen LogP contribution in [0.2, 0.25) is 0 Å². The first-order valence-electron chi connectivity index (χ1n) is 8.80. The number of aryl methyl sites for hydroxylation is 1. The van der Waals surface area contributed by atoms with Crippen LogP contribution < -0.4 is 10.1 Å². The minimum Gasteiger partial charge on any atom is -0.497 e. The van der Waals surface area contributed by atoms with E-state index in [1.54, 1.807) is 52.1 Å². The van der Waals surface area contributed by atoms with Crippen molar-refractivity contribution in [3.8, 4) is 5.75 Å². The lowest BCUT2D eigenvalue weighted by Crippen LogP contribution is -2.30. The van der Waals surface area contributed by atoms with Crippen LogP contribution in [0.1, 0.15) is 46.0 Å². The van der Waals surface area contributed by atoms with E-state index in [0.717, 1.165) is 0 Å². The van der Waals surface area contributed by atoms with Gasteiger partial charge in [-0.3, -0.25) is 4.79 Å². The Kier molecular flexibility index (Phi) is 6.81. The molecule has 0 aliphatic rings. The first-order chi connectivity index (χ1) is 13.3. The number of anilines is 1. The fourth-order valence-corrected chi connectivity index (χ4v) is 2.65. The van der Waals surface area contributed by atoms with E-state index in [4.69, 9.17) is 14.2 Å². The number of H-pyrrole nitrogens is 1. The van der Waals surface area contributed by atoms with Crippen LogP contribution in [0, 0.1) is 13.8 Å². The van der Waals surface area contributed by atoms with Crippen LogP contribution in [0.25, 0.3) is 0 Å². The number of amides is 1. The van der Waals surface area contributed by atoms with Gasteiger partial charge in [-0.05, 0) is 57.5 Å². The predicted octanol–water partition coefficient (Wildman–Crippen LogP) is 3.00. The van der Waals surface area contributed by atoms with Crippen LogP contribution in [-0.2, 0) is 14.3 Å². The van der Waals surface area contributed by atoms with Crippen molar-refractivity contribution in [2.75, 3.05) is 19.0 Å². The van der Waals surface area contributed by atoms with Gasteiger partial charge in [0.25, 0.3) is 5.91 Å². The molecule has 8 nitrogen and oxygen atoms in total. The molecule has 1 amide bonds. The van der Waals surface area contributed by atoms with Gasteiger partial charge in [0.05, 0.1) is 19.3 Å². The van der Waals surface area contributed by atoms with Gasteiger partial charge in [-0.2, -0.15) is 0 Å². The number of aromatic amines is 1. The van der Waals surface area contributed by atoms with Gasteiger partial charge in [0.1, 0.15) is 11.4 Å². The Morgan fingerprint density at radius 1 is 1.11 bits per heavy atom. The maximum atomic E-state index is 12.5. The molecular weight excluding hydrogens is 364 g/mol. The van der Waals surface area contributed by atoms with Crippen molar-refractivity contribution in [2.24, 2.45) is 0 Å². The number of nitrogens with one attached hydrogen (secondary N) is 2. The molecule has 2 N–H and O–H groups in total. The zero-order valence-corrected chi connectivity index (χ0v) is 16.5. The summed E-state index contributed by atoms with van der Waals surface area (Å²) >= 11 is 0.